The van der Waals surface area contributed by atoms with Crippen molar-refractivity contribution < 1.29 is 8.78 Å². The SMILES string of the molecule is CCCCCC1CCC(c2ccc(-c3cc(F)c(F)nc3Cl)cc2)CC1. The van der Waals surface area contributed by atoms with E-state index in [1.54, 1.807) is 0 Å². The van der Waals surface area contributed by atoms with Gasteiger partial charge in [0.2, 0.25) is 5.95 Å². The van der Waals surface area contributed by atoms with E-state index in [2.05, 4.69) is 24.0 Å². The lowest BCUT2D eigenvalue weighted by atomic mass is 9.77. The third-order valence-corrected chi connectivity index (χ3v) is 5.93. The van der Waals surface area contributed by atoms with Gasteiger partial charge in [-0.1, -0.05) is 68.5 Å². The van der Waals surface area contributed by atoms with Crippen molar-refractivity contribution in [3.63, 3.8) is 0 Å². The topological polar surface area (TPSA) is 12.9 Å². The zero-order chi connectivity index (χ0) is 18.5. The van der Waals surface area contributed by atoms with E-state index in [1.165, 1.54) is 56.9 Å². The van der Waals surface area contributed by atoms with Crippen LogP contribution in [0.5, 0.6) is 0 Å². The fourth-order valence-corrected chi connectivity index (χ4v) is 4.29. The maximum Gasteiger partial charge on any atom is 0.250 e. The van der Waals surface area contributed by atoms with E-state index in [-0.39, 0.29) is 5.15 Å². The molecule has 1 saturated carbocycles. The number of rotatable bonds is 6. The molecule has 1 aliphatic carbocycles. The summed E-state index contributed by atoms with van der Waals surface area (Å²) >= 11 is 5.97. The lowest BCUT2D eigenvalue weighted by Crippen LogP contribution is -2.13. The fraction of sp³-hybridized carbons (Fsp3) is 0.500. The van der Waals surface area contributed by atoms with Gasteiger partial charge in [-0.15, -0.1) is 0 Å². The van der Waals surface area contributed by atoms with E-state index in [4.69, 9.17) is 11.6 Å². The first-order valence-corrected chi connectivity index (χ1v) is 10.1. The van der Waals surface area contributed by atoms with Crippen LogP contribution in [0.4, 0.5) is 8.78 Å². The van der Waals surface area contributed by atoms with E-state index in [0.29, 0.717) is 11.5 Å². The van der Waals surface area contributed by atoms with Gasteiger partial charge in [-0.25, -0.2) is 9.37 Å². The molecule has 0 N–H and O–H groups in total. The molecule has 0 atom stereocenters. The number of hydrogen-bond donors (Lipinski definition) is 0. The average Bonchev–Trinajstić information content (AvgIpc) is 2.66. The quantitative estimate of drug-likeness (QED) is 0.374. The highest BCUT2D eigenvalue weighted by Crippen LogP contribution is 2.38. The molecule has 1 nitrogen and oxygen atoms in total. The van der Waals surface area contributed by atoms with E-state index < -0.39 is 11.8 Å². The Morgan fingerprint density at radius 1 is 1.04 bits per heavy atom. The lowest BCUT2D eigenvalue weighted by molar-refractivity contribution is 0.303. The minimum atomic E-state index is -1.16. The molecule has 0 aliphatic heterocycles. The van der Waals surface area contributed by atoms with E-state index in [0.717, 1.165) is 17.5 Å². The number of nitrogens with zero attached hydrogens (tertiary/aromatic N) is 1. The molecule has 0 saturated heterocycles. The van der Waals surface area contributed by atoms with Crippen molar-refractivity contribution in [3.8, 4) is 11.1 Å². The van der Waals surface area contributed by atoms with Crippen molar-refractivity contribution in [3.05, 3.63) is 52.8 Å². The van der Waals surface area contributed by atoms with E-state index >= 15 is 0 Å². The second-order valence-electron chi connectivity index (χ2n) is 7.43. The Labute approximate surface area is 159 Å². The monoisotopic (exact) mass is 377 g/mol. The normalized spacial score (nSPS) is 20.3. The standard InChI is InChI=1S/C22H26ClF2N/c1-2-3-4-5-15-6-8-16(9-7-15)17-10-12-18(13-11-17)19-14-20(24)22(25)26-21(19)23/h10-16H,2-9H2,1H3. The Balaban J connectivity index is 1.63. The highest BCUT2D eigenvalue weighted by Gasteiger charge is 2.22. The van der Waals surface area contributed by atoms with Crippen LogP contribution >= 0.6 is 11.6 Å². The molecule has 1 aromatic heterocycles. The van der Waals surface area contributed by atoms with Gasteiger partial charge in [0, 0.05) is 5.56 Å². The summed E-state index contributed by atoms with van der Waals surface area (Å²) in [7, 11) is 0. The Kier molecular flexibility index (Phi) is 6.63. The molecule has 0 bridgehead atoms. The third-order valence-electron chi connectivity index (χ3n) is 5.64. The summed E-state index contributed by atoms with van der Waals surface area (Å²) in [5.41, 5.74) is 2.52. The summed E-state index contributed by atoms with van der Waals surface area (Å²) in [6.45, 7) is 2.25. The molecule has 1 aromatic carbocycles. The molecule has 0 unspecified atom stereocenters. The first-order valence-electron chi connectivity index (χ1n) is 9.70. The molecule has 26 heavy (non-hydrogen) atoms. The molecule has 1 fully saturated rings. The van der Waals surface area contributed by atoms with Crippen molar-refractivity contribution in [1.29, 1.82) is 0 Å². The predicted molar refractivity (Wildman–Crippen MR) is 103 cm³/mol. The maximum absolute atomic E-state index is 13.5. The Morgan fingerprint density at radius 2 is 1.73 bits per heavy atom. The smallest absolute Gasteiger partial charge is 0.205 e. The first-order chi connectivity index (χ1) is 12.6. The molecular weight excluding hydrogens is 352 g/mol. The second kappa shape index (κ2) is 8.94. The van der Waals surface area contributed by atoms with Crippen LogP contribution in [0.25, 0.3) is 11.1 Å². The van der Waals surface area contributed by atoms with Crippen molar-refractivity contribution in [1.82, 2.24) is 4.98 Å². The van der Waals surface area contributed by atoms with Crippen LogP contribution in [0.3, 0.4) is 0 Å². The number of benzene rings is 1. The summed E-state index contributed by atoms with van der Waals surface area (Å²) < 4.78 is 26.6. The summed E-state index contributed by atoms with van der Waals surface area (Å²) in [5, 5.41) is -0.00997. The molecule has 0 radical (unpaired) electrons. The van der Waals surface area contributed by atoms with Crippen LogP contribution in [0, 0.1) is 17.7 Å². The zero-order valence-electron chi connectivity index (χ0n) is 15.3. The predicted octanol–water partition coefficient (Wildman–Crippen LogP) is 7.53. The number of halogens is 3. The van der Waals surface area contributed by atoms with Gasteiger partial charge in [0.05, 0.1) is 0 Å². The third kappa shape index (κ3) is 4.62. The average molecular weight is 378 g/mol. The molecule has 4 heteroatoms. The van der Waals surface area contributed by atoms with Gasteiger partial charge in [0.15, 0.2) is 5.82 Å². The van der Waals surface area contributed by atoms with Crippen LogP contribution in [0.1, 0.15) is 69.8 Å². The van der Waals surface area contributed by atoms with Crippen molar-refractivity contribution in [2.45, 2.75) is 64.2 Å². The molecule has 0 spiro atoms. The van der Waals surface area contributed by atoms with Gasteiger partial charge < -0.3 is 0 Å². The Morgan fingerprint density at radius 3 is 2.38 bits per heavy atom. The van der Waals surface area contributed by atoms with Crippen LogP contribution in [0.2, 0.25) is 5.15 Å². The summed E-state index contributed by atoms with van der Waals surface area (Å²) in [4.78, 5) is 3.42. The minimum absolute atomic E-state index is 0.00997. The van der Waals surface area contributed by atoms with Gasteiger partial charge in [-0.3, -0.25) is 0 Å². The van der Waals surface area contributed by atoms with Crippen LogP contribution in [-0.4, -0.2) is 4.98 Å². The number of hydrogen-bond acceptors (Lipinski definition) is 1. The molecule has 1 aliphatic rings. The summed E-state index contributed by atoms with van der Waals surface area (Å²) in [5.74, 6) is -0.643. The van der Waals surface area contributed by atoms with Gasteiger partial charge in [0.25, 0.3) is 0 Å². The maximum atomic E-state index is 13.5. The highest BCUT2D eigenvalue weighted by atomic mass is 35.5. The molecule has 3 rings (SSSR count). The van der Waals surface area contributed by atoms with Crippen LogP contribution < -0.4 is 0 Å². The summed E-state index contributed by atoms with van der Waals surface area (Å²) in [6, 6.07) is 9.16. The Bertz CT molecular complexity index is 722. The lowest BCUT2D eigenvalue weighted by Gasteiger charge is -2.29. The van der Waals surface area contributed by atoms with Crippen LogP contribution in [0.15, 0.2) is 30.3 Å². The highest BCUT2D eigenvalue weighted by molar-refractivity contribution is 6.32. The van der Waals surface area contributed by atoms with E-state index in [1.807, 2.05) is 12.1 Å². The van der Waals surface area contributed by atoms with E-state index in [9.17, 15) is 8.78 Å². The van der Waals surface area contributed by atoms with Crippen molar-refractivity contribution in [2.75, 3.05) is 0 Å². The Hall–Kier alpha value is -1.48. The fourth-order valence-electron chi connectivity index (χ4n) is 4.05. The second-order valence-corrected chi connectivity index (χ2v) is 7.79. The molecule has 140 valence electrons. The van der Waals surface area contributed by atoms with Gasteiger partial charge in [0.1, 0.15) is 5.15 Å². The molecule has 1 heterocycles. The number of pyridine rings is 1. The van der Waals surface area contributed by atoms with Gasteiger partial charge in [-0.05, 0) is 54.7 Å². The van der Waals surface area contributed by atoms with Gasteiger partial charge in [-0.2, -0.15) is 4.39 Å². The van der Waals surface area contributed by atoms with Crippen LogP contribution in [-0.2, 0) is 0 Å². The zero-order valence-corrected chi connectivity index (χ0v) is 16.0. The van der Waals surface area contributed by atoms with Gasteiger partial charge >= 0.3 is 0 Å². The number of unbranched alkanes of at least 4 members (excludes halogenated alkanes) is 2. The number of aromatic nitrogens is 1. The summed E-state index contributed by atoms with van der Waals surface area (Å²) in [6.07, 6.45) is 10.5. The first kappa shape index (κ1) is 19.3. The molecular formula is C22H26ClF2N. The van der Waals surface area contributed by atoms with Crippen molar-refractivity contribution in [2.24, 2.45) is 5.92 Å². The largest absolute Gasteiger partial charge is 0.250 e. The molecule has 0 amide bonds. The minimum Gasteiger partial charge on any atom is -0.205 e. The van der Waals surface area contributed by atoms with Crippen molar-refractivity contribution >= 4 is 11.6 Å². The molecule has 2 aromatic rings.